The van der Waals surface area contributed by atoms with Gasteiger partial charge in [-0.1, -0.05) is 15.9 Å². The molecule has 0 unspecified atom stereocenters. The van der Waals surface area contributed by atoms with Crippen molar-refractivity contribution in [2.75, 3.05) is 35.8 Å². The topological polar surface area (TPSA) is 103 Å². The molecule has 1 aliphatic carbocycles. The van der Waals surface area contributed by atoms with Gasteiger partial charge in [-0.15, -0.1) is 0 Å². The summed E-state index contributed by atoms with van der Waals surface area (Å²) in [5.41, 5.74) is 3.36. The van der Waals surface area contributed by atoms with Crippen molar-refractivity contribution in [3.8, 4) is 0 Å². The van der Waals surface area contributed by atoms with E-state index >= 15 is 0 Å². The van der Waals surface area contributed by atoms with Gasteiger partial charge in [0.2, 0.25) is 5.91 Å². The molecule has 0 bridgehead atoms. The number of esters is 1. The minimum absolute atomic E-state index is 0.0331. The summed E-state index contributed by atoms with van der Waals surface area (Å²) in [6, 6.07) is 7.22. The van der Waals surface area contributed by atoms with Crippen LogP contribution in [0, 0.1) is 0 Å². The van der Waals surface area contributed by atoms with Crippen LogP contribution in [0.4, 0.5) is 11.4 Å². The molecule has 10 heteroatoms. The fourth-order valence-electron chi connectivity index (χ4n) is 4.46. The second-order valence-electron chi connectivity index (χ2n) is 8.75. The quantitative estimate of drug-likeness (QED) is 0.247. The third-order valence-electron chi connectivity index (χ3n) is 6.36. The smallest absolute Gasteiger partial charge is 0.359 e. The molecule has 1 N–H and O–H groups in total. The number of nitrogens with one attached hydrogen (secondary N) is 1. The average Bonchev–Trinajstić information content (AvgIpc) is 3.31. The second-order valence-corrected chi connectivity index (χ2v) is 9.54. The minimum Gasteiger partial charge on any atom is -0.501 e. The number of allylic oxidation sites excluding steroid dienone is 4. The van der Waals surface area contributed by atoms with E-state index in [-0.39, 0.29) is 24.1 Å². The number of fused-ring (bicyclic) bond motifs is 1. The fourth-order valence-corrected chi connectivity index (χ4v) is 4.86. The number of unbranched alkanes of at least 4 members (excludes halogenated alkanes) is 1. The Balaban J connectivity index is 1.60. The molecule has 2 heterocycles. The van der Waals surface area contributed by atoms with Crippen molar-refractivity contribution in [3.05, 3.63) is 59.1 Å². The normalized spacial score (nSPS) is 15.0. The summed E-state index contributed by atoms with van der Waals surface area (Å²) in [6.45, 7) is 2.36. The maximum absolute atomic E-state index is 13.8. The Labute approximate surface area is 224 Å². The Bertz CT molecular complexity index is 1230. The lowest BCUT2D eigenvalue weighted by molar-refractivity contribution is -0.116. The molecule has 1 aromatic carbocycles. The molecule has 2 aromatic rings. The van der Waals surface area contributed by atoms with E-state index in [0.29, 0.717) is 54.9 Å². The number of benzene rings is 1. The number of halogens is 1. The van der Waals surface area contributed by atoms with Crippen LogP contribution in [-0.4, -0.2) is 53.2 Å². The van der Waals surface area contributed by atoms with E-state index in [9.17, 15) is 14.4 Å². The van der Waals surface area contributed by atoms with Crippen LogP contribution in [0.25, 0.3) is 5.70 Å². The van der Waals surface area contributed by atoms with Crippen LogP contribution in [0.3, 0.4) is 0 Å². The second kappa shape index (κ2) is 12.2. The zero-order valence-corrected chi connectivity index (χ0v) is 22.7. The van der Waals surface area contributed by atoms with Gasteiger partial charge < -0.3 is 19.7 Å². The number of alkyl halides is 1. The van der Waals surface area contributed by atoms with Crippen LogP contribution in [0.1, 0.15) is 65.6 Å². The standard InChI is InChI=1S/C27H31BrN4O5/c1-3-37-27(35)24-22-15-17-31(19-9-7-18(8-10-19)29-23(33)6-4-5-16-28)26(34)25(22)32(30-24)20-11-13-21(36-2)14-12-20/h7-11,13H,3-6,12,14-17H2,1-2H3,(H,29,33). The molecule has 37 heavy (non-hydrogen) atoms. The van der Waals surface area contributed by atoms with E-state index in [1.54, 1.807) is 35.7 Å². The number of nitrogens with zero attached hydrogens (tertiary/aromatic N) is 3. The minimum atomic E-state index is -0.528. The summed E-state index contributed by atoms with van der Waals surface area (Å²) in [5, 5.41) is 8.32. The fraction of sp³-hybridized carbons (Fsp3) is 0.407. The summed E-state index contributed by atoms with van der Waals surface area (Å²) in [6.07, 6.45) is 7.71. The predicted molar refractivity (Wildman–Crippen MR) is 145 cm³/mol. The lowest BCUT2D eigenvalue weighted by Crippen LogP contribution is -2.39. The van der Waals surface area contributed by atoms with E-state index in [4.69, 9.17) is 9.47 Å². The van der Waals surface area contributed by atoms with Gasteiger partial charge in [-0.3, -0.25) is 9.59 Å². The zero-order chi connectivity index (χ0) is 26.4. The SMILES string of the molecule is CCOC(=O)c1nn(C2=CC=C(OC)CC2)c2c1CCN(c1ccc(NC(=O)CCCCBr)cc1)C2=O. The van der Waals surface area contributed by atoms with Crippen LogP contribution >= 0.6 is 15.9 Å². The first kappa shape index (κ1) is 26.7. The Hall–Kier alpha value is -3.40. The molecule has 0 spiro atoms. The largest absolute Gasteiger partial charge is 0.501 e. The summed E-state index contributed by atoms with van der Waals surface area (Å²) < 4.78 is 12.1. The van der Waals surface area contributed by atoms with E-state index in [2.05, 4.69) is 26.3 Å². The first-order valence-electron chi connectivity index (χ1n) is 12.5. The Kier molecular flexibility index (Phi) is 8.81. The number of carbonyl (C=O) groups excluding carboxylic acids is 3. The highest BCUT2D eigenvalue weighted by atomic mass is 79.9. The Morgan fingerprint density at radius 3 is 2.54 bits per heavy atom. The molecular weight excluding hydrogens is 540 g/mol. The molecule has 1 aliphatic heterocycles. The van der Waals surface area contributed by atoms with Crippen LogP contribution in [-0.2, 0) is 20.7 Å². The molecule has 0 saturated carbocycles. The number of carbonyl (C=O) groups is 3. The van der Waals surface area contributed by atoms with Crippen molar-refractivity contribution in [3.63, 3.8) is 0 Å². The number of aromatic nitrogens is 2. The number of rotatable bonds is 10. The summed E-state index contributed by atoms with van der Waals surface area (Å²) in [4.78, 5) is 40.3. The number of hydrogen-bond acceptors (Lipinski definition) is 6. The number of ether oxygens (including phenoxy) is 2. The molecule has 0 radical (unpaired) electrons. The maximum Gasteiger partial charge on any atom is 0.359 e. The zero-order valence-electron chi connectivity index (χ0n) is 21.1. The van der Waals surface area contributed by atoms with E-state index in [1.165, 1.54) is 0 Å². The van der Waals surface area contributed by atoms with Crippen molar-refractivity contribution in [2.45, 2.75) is 45.4 Å². The average molecular weight is 571 g/mol. The molecule has 0 saturated heterocycles. The van der Waals surface area contributed by atoms with Crippen LogP contribution < -0.4 is 10.2 Å². The monoisotopic (exact) mass is 570 g/mol. The van der Waals surface area contributed by atoms with E-state index in [0.717, 1.165) is 29.6 Å². The van der Waals surface area contributed by atoms with E-state index in [1.807, 2.05) is 24.3 Å². The molecule has 9 nitrogen and oxygen atoms in total. The number of methoxy groups -OCH3 is 1. The Morgan fingerprint density at radius 2 is 1.89 bits per heavy atom. The summed E-state index contributed by atoms with van der Waals surface area (Å²) in [7, 11) is 1.63. The highest BCUT2D eigenvalue weighted by Crippen LogP contribution is 2.32. The van der Waals surface area contributed by atoms with Gasteiger partial charge in [0, 0.05) is 47.4 Å². The Morgan fingerprint density at radius 1 is 1.11 bits per heavy atom. The molecule has 2 aliphatic rings. The van der Waals surface area contributed by atoms with Crippen LogP contribution in [0.15, 0.2) is 42.2 Å². The van der Waals surface area contributed by atoms with Gasteiger partial charge in [0.15, 0.2) is 5.69 Å². The number of anilines is 2. The summed E-state index contributed by atoms with van der Waals surface area (Å²) >= 11 is 3.37. The van der Waals surface area contributed by atoms with Gasteiger partial charge in [0.1, 0.15) is 5.69 Å². The van der Waals surface area contributed by atoms with Crippen molar-refractivity contribution >= 4 is 50.8 Å². The first-order valence-corrected chi connectivity index (χ1v) is 13.6. The van der Waals surface area contributed by atoms with Crippen LogP contribution in [0.5, 0.6) is 0 Å². The molecule has 0 fully saturated rings. The van der Waals surface area contributed by atoms with Gasteiger partial charge in [-0.05, 0) is 69.0 Å². The lowest BCUT2D eigenvalue weighted by atomic mass is 10.0. The van der Waals surface area contributed by atoms with Gasteiger partial charge in [0.25, 0.3) is 5.91 Å². The van der Waals surface area contributed by atoms with Gasteiger partial charge in [0.05, 0.1) is 19.5 Å². The third kappa shape index (κ3) is 5.95. The van der Waals surface area contributed by atoms with Crippen molar-refractivity contribution in [1.82, 2.24) is 9.78 Å². The summed E-state index contributed by atoms with van der Waals surface area (Å²) in [5.74, 6) is 0.0469. The van der Waals surface area contributed by atoms with Crippen molar-refractivity contribution in [2.24, 2.45) is 0 Å². The molecule has 196 valence electrons. The third-order valence-corrected chi connectivity index (χ3v) is 6.92. The van der Waals surface area contributed by atoms with Gasteiger partial charge in [-0.25, -0.2) is 9.48 Å². The molecule has 0 atom stereocenters. The van der Waals surface area contributed by atoms with Gasteiger partial charge >= 0.3 is 5.97 Å². The number of amides is 2. The van der Waals surface area contributed by atoms with Gasteiger partial charge in [-0.2, -0.15) is 5.10 Å². The highest BCUT2D eigenvalue weighted by Gasteiger charge is 2.36. The predicted octanol–water partition coefficient (Wildman–Crippen LogP) is 4.93. The van der Waals surface area contributed by atoms with E-state index < -0.39 is 5.97 Å². The van der Waals surface area contributed by atoms with Crippen molar-refractivity contribution < 1.29 is 23.9 Å². The molecule has 2 amide bonds. The highest BCUT2D eigenvalue weighted by molar-refractivity contribution is 9.09. The van der Waals surface area contributed by atoms with Crippen molar-refractivity contribution in [1.29, 1.82) is 0 Å². The maximum atomic E-state index is 13.8. The molecule has 1 aromatic heterocycles. The van der Waals surface area contributed by atoms with Crippen LogP contribution in [0.2, 0.25) is 0 Å². The molecule has 4 rings (SSSR count). The first-order chi connectivity index (χ1) is 18.0. The number of hydrogen-bond donors (Lipinski definition) is 1. The molecular formula is C27H31BrN4O5. The lowest BCUT2D eigenvalue weighted by Gasteiger charge is -2.28.